The van der Waals surface area contributed by atoms with Crippen LogP contribution in [0, 0.1) is 0 Å². The first-order valence-electron chi connectivity index (χ1n) is 5.67. The molecular formula is C13H8ClN3OS2. The number of aromatic nitrogens is 2. The number of hydrogen-bond donors (Lipinski definition) is 1. The minimum Gasteiger partial charge on any atom is -0.296 e. The molecule has 1 N–H and O–H groups in total. The Hall–Kier alpha value is -1.76. The van der Waals surface area contributed by atoms with E-state index in [-0.39, 0.29) is 5.91 Å². The monoisotopic (exact) mass is 321 g/mol. The van der Waals surface area contributed by atoms with E-state index in [1.165, 1.54) is 22.7 Å². The SMILES string of the molecule is O=C(Nc1nnc(-c2ccc(Cl)cc2)s1)c1cccs1. The predicted octanol–water partition coefficient (Wildman–Crippen LogP) is 4.17. The van der Waals surface area contributed by atoms with Gasteiger partial charge in [0, 0.05) is 10.6 Å². The van der Waals surface area contributed by atoms with Gasteiger partial charge in [0.05, 0.1) is 4.88 Å². The molecule has 1 amide bonds. The summed E-state index contributed by atoms with van der Waals surface area (Å²) < 4.78 is 0. The summed E-state index contributed by atoms with van der Waals surface area (Å²) in [6, 6.07) is 10.9. The van der Waals surface area contributed by atoms with Crippen LogP contribution in [-0.2, 0) is 0 Å². The number of thiophene rings is 1. The van der Waals surface area contributed by atoms with Crippen LogP contribution in [-0.4, -0.2) is 16.1 Å². The standard InChI is InChI=1S/C13H8ClN3OS2/c14-9-5-3-8(4-6-9)12-16-17-13(20-12)15-11(18)10-2-1-7-19-10/h1-7H,(H,15,17,18). The zero-order valence-corrected chi connectivity index (χ0v) is 12.4. The van der Waals surface area contributed by atoms with E-state index in [0.717, 1.165) is 10.6 Å². The Morgan fingerprint density at radius 3 is 2.65 bits per heavy atom. The van der Waals surface area contributed by atoms with E-state index in [1.54, 1.807) is 18.2 Å². The molecule has 0 saturated carbocycles. The number of hydrogen-bond acceptors (Lipinski definition) is 5. The van der Waals surface area contributed by atoms with Crippen molar-refractivity contribution in [2.45, 2.75) is 0 Å². The van der Waals surface area contributed by atoms with Crippen LogP contribution in [0.3, 0.4) is 0 Å². The van der Waals surface area contributed by atoms with E-state index >= 15 is 0 Å². The third kappa shape index (κ3) is 2.87. The molecule has 3 rings (SSSR count). The van der Waals surface area contributed by atoms with Gasteiger partial charge in [0.1, 0.15) is 5.01 Å². The normalized spacial score (nSPS) is 10.4. The van der Waals surface area contributed by atoms with Gasteiger partial charge in [-0.2, -0.15) is 0 Å². The molecule has 0 fully saturated rings. The van der Waals surface area contributed by atoms with E-state index in [9.17, 15) is 4.79 Å². The van der Waals surface area contributed by atoms with Gasteiger partial charge in [0.25, 0.3) is 5.91 Å². The molecule has 0 bridgehead atoms. The Balaban J connectivity index is 1.77. The first-order chi connectivity index (χ1) is 9.72. The molecule has 0 saturated heterocycles. The van der Waals surface area contributed by atoms with Crippen LogP contribution in [0.2, 0.25) is 5.02 Å². The number of benzene rings is 1. The van der Waals surface area contributed by atoms with E-state index in [1.807, 2.05) is 23.6 Å². The summed E-state index contributed by atoms with van der Waals surface area (Å²) in [4.78, 5) is 12.5. The molecule has 0 spiro atoms. The summed E-state index contributed by atoms with van der Waals surface area (Å²) in [7, 11) is 0. The molecule has 0 unspecified atom stereocenters. The second-order valence-electron chi connectivity index (χ2n) is 3.85. The summed E-state index contributed by atoms with van der Waals surface area (Å²) in [6.45, 7) is 0. The zero-order chi connectivity index (χ0) is 13.9. The molecule has 1 aromatic carbocycles. The smallest absolute Gasteiger partial charge is 0.267 e. The van der Waals surface area contributed by atoms with Gasteiger partial charge >= 0.3 is 0 Å². The molecule has 2 aromatic heterocycles. The number of nitrogens with zero attached hydrogens (tertiary/aromatic N) is 2. The topological polar surface area (TPSA) is 54.9 Å². The van der Waals surface area contributed by atoms with Crippen molar-refractivity contribution in [2.24, 2.45) is 0 Å². The maximum absolute atomic E-state index is 11.9. The average Bonchev–Trinajstić information content (AvgIpc) is 3.10. The van der Waals surface area contributed by atoms with Crippen molar-refractivity contribution in [3.05, 3.63) is 51.7 Å². The Bertz CT molecular complexity index is 722. The predicted molar refractivity (Wildman–Crippen MR) is 82.6 cm³/mol. The van der Waals surface area contributed by atoms with Crippen molar-refractivity contribution in [1.29, 1.82) is 0 Å². The van der Waals surface area contributed by atoms with Gasteiger partial charge in [-0.05, 0) is 23.6 Å². The van der Waals surface area contributed by atoms with Gasteiger partial charge in [-0.1, -0.05) is 41.1 Å². The van der Waals surface area contributed by atoms with Crippen molar-refractivity contribution in [3.63, 3.8) is 0 Å². The highest BCUT2D eigenvalue weighted by Gasteiger charge is 2.11. The quantitative estimate of drug-likeness (QED) is 0.787. The van der Waals surface area contributed by atoms with Gasteiger partial charge < -0.3 is 0 Å². The second kappa shape index (κ2) is 5.70. The minimum atomic E-state index is -0.168. The van der Waals surface area contributed by atoms with Gasteiger partial charge in [-0.3, -0.25) is 10.1 Å². The van der Waals surface area contributed by atoms with Crippen molar-refractivity contribution < 1.29 is 4.79 Å². The van der Waals surface area contributed by atoms with Gasteiger partial charge in [-0.25, -0.2) is 0 Å². The maximum atomic E-state index is 11.9. The van der Waals surface area contributed by atoms with Crippen LogP contribution in [0.25, 0.3) is 10.6 Å². The molecule has 3 aromatic rings. The highest BCUT2D eigenvalue weighted by Crippen LogP contribution is 2.27. The van der Waals surface area contributed by atoms with Crippen LogP contribution in [0.5, 0.6) is 0 Å². The Morgan fingerprint density at radius 2 is 1.95 bits per heavy atom. The number of amides is 1. The second-order valence-corrected chi connectivity index (χ2v) is 6.21. The summed E-state index contributed by atoms with van der Waals surface area (Å²) >= 11 is 8.55. The van der Waals surface area contributed by atoms with Crippen molar-refractivity contribution in [3.8, 4) is 10.6 Å². The third-order valence-electron chi connectivity index (χ3n) is 2.48. The van der Waals surface area contributed by atoms with Crippen LogP contribution in [0.15, 0.2) is 41.8 Å². The number of halogens is 1. The lowest BCUT2D eigenvalue weighted by Gasteiger charge is -1.96. The molecule has 7 heteroatoms. The van der Waals surface area contributed by atoms with Crippen LogP contribution >= 0.6 is 34.3 Å². The molecule has 2 heterocycles. The van der Waals surface area contributed by atoms with E-state index < -0.39 is 0 Å². The zero-order valence-electron chi connectivity index (χ0n) is 10.0. The lowest BCUT2D eigenvalue weighted by atomic mass is 10.2. The largest absolute Gasteiger partial charge is 0.296 e. The fourth-order valence-corrected chi connectivity index (χ4v) is 3.04. The van der Waals surface area contributed by atoms with Crippen molar-refractivity contribution >= 4 is 45.3 Å². The van der Waals surface area contributed by atoms with Gasteiger partial charge in [0.15, 0.2) is 0 Å². The Labute approximate surface area is 128 Å². The molecule has 0 aliphatic heterocycles. The fraction of sp³-hybridized carbons (Fsp3) is 0. The van der Waals surface area contributed by atoms with Crippen molar-refractivity contribution in [2.75, 3.05) is 5.32 Å². The lowest BCUT2D eigenvalue weighted by Crippen LogP contribution is -2.09. The highest BCUT2D eigenvalue weighted by atomic mass is 35.5. The number of nitrogens with one attached hydrogen (secondary N) is 1. The molecule has 0 atom stereocenters. The molecule has 4 nitrogen and oxygen atoms in total. The summed E-state index contributed by atoms with van der Waals surface area (Å²) in [5, 5.41) is 14.5. The first-order valence-corrected chi connectivity index (χ1v) is 7.74. The summed E-state index contributed by atoms with van der Waals surface area (Å²) in [5.74, 6) is -0.168. The molecule has 0 radical (unpaired) electrons. The minimum absolute atomic E-state index is 0.168. The highest BCUT2D eigenvalue weighted by molar-refractivity contribution is 7.18. The molecule has 0 aliphatic carbocycles. The lowest BCUT2D eigenvalue weighted by molar-refractivity contribution is 0.103. The number of carbonyl (C=O) groups excluding carboxylic acids is 1. The summed E-state index contributed by atoms with van der Waals surface area (Å²) in [6.07, 6.45) is 0. The third-order valence-corrected chi connectivity index (χ3v) is 4.49. The summed E-state index contributed by atoms with van der Waals surface area (Å²) in [5.41, 5.74) is 0.920. The van der Waals surface area contributed by atoms with Crippen LogP contribution < -0.4 is 5.32 Å². The molecule has 20 heavy (non-hydrogen) atoms. The first kappa shape index (κ1) is 13.2. The Morgan fingerprint density at radius 1 is 1.15 bits per heavy atom. The molecule has 100 valence electrons. The van der Waals surface area contributed by atoms with Crippen LogP contribution in [0.4, 0.5) is 5.13 Å². The number of rotatable bonds is 3. The fourth-order valence-electron chi connectivity index (χ4n) is 1.55. The maximum Gasteiger partial charge on any atom is 0.267 e. The average molecular weight is 322 g/mol. The Kier molecular flexibility index (Phi) is 3.77. The van der Waals surface area contributed by atoms with Crippen molar-refractivity contribution in [1.82, 2.24) is 10.2 Å². The van der Waals surface area contributed by atoms with Gasteiger partial charge in [0.2, 0.25) is 5.13 Å². The molecule has 0 aliphatic rings. The van der Waals surface area contributed by atoms with Gasteiger partial charge in [-0.15, -0.1) is 21.5 Å². The van der Waals surface area contributed by atoms with E-state index in [4.69, 9.17) is 11.6 Å². The number of carbonyl (C=O) groups is 1. The number of anilines is 1. The van der Waals surface area contributed by atoms with E-state index in [0.29, 0.717) is 15.0 Å². The van der Waals surface area contributed by atoms with Crippen LogP contribution in [0.1, 0.15) is 9.67 Å². The molecular weight excluding hydrogens is 314 g/mol. The van der Waals surface area contributed by atoms with E-state index in [2.05, 4.69) is 15.5 Å².